The summed E-state index contributed by atoms with van der Waals surface area (Å²) in [5.41, 5.74) is 7.81. The first-order valence-corrected chi connectivity index (χ1v) is 12.1. The molecule has 0 unspecified atom stereocenters. The fourth-order valence-electron chi connectivity index (χ4n) is 3.45. The standard InChI is InChI=1S/C25H21ClN4O3S.ClH/c26-19-8-11-21(12-9-19)34(32,33)30-20-10-13-22-18(14-20)2-1-3-23(22)25(31)29-15-16-4-6-17(7-5-16)24(27)28;/h1-14,30H,15H2,(H3,27,28)(H,29,31);1H. The Morgan fingerprint density at radius 2 is 1.63 bits per heavy atom. The van der Waals surface area contributed by atoms with Crippen molar-refractivity contribution < 1.29 is 13.2 Å². The number of fused-ring (bicyclic) bond motifs is 1. The van der Waals surface area contributed by atoms with Crippen molar-refractivity contribution in [3.63, 3.8) is 0 Å². The Hall–Kier alpha value is -3.59. The molecule has 10 heteroatoms. The second kappa shape index (κ2) is 10.8. The van der Waals surface area contributed by atoms with Crippen molar-refractivity contribution >= 4 is 62.2 Å². The number of carbonyl (C=O) groups excluding carboxylic acids is 1. The molecule has 4 aromatic rings. The largest absolute Gasteiger partial charge is 0.384 e. The summed E-state index contributed by atoms with van der Waals surface area (Å²) >= 11 is 5.84. The number of hydrogen-bond donors (Lipinski definition) is 4. The van der Waals surface area contributed by atoms with Crippen LogP contribution in [0.5, 0.6) is 0 Å². The average Bonchev–Trinajstić information content (AvgIpc) is 2.82. The van der Waals surface area contributed by atoms with E-state index in [1.165, 1.54) is 24.3 Å². The number of anilines is 1. The molecule has 0 aliphatic heterocycles. The zero-order valence-electron chi connectivity index (χ0n) is 18.3. The van der Waals surface area contributed by atoms with E-state index in [1.54, 1.807) is 54.6 Å². The van der Waals surface area contributed by atoms with Gasteiger partial charge in [0.25, 0.3) is 15.9 Å². The fourth-order valence-corrected chi connectivity index (χ4v) is 4.63. The maximum absolute atomic E-state index is 12.8. The molecule has 0 radical (unpaired) electrons. The molecule has 0 aromatic heterocycles. The van der Waals surface area contributed by atoms with Gasteiger partial charge >= 0.3 is 0 Å². The van der Waals surface area contributed by atoms with Crippen molar-refractivity contribution in [2.75, 3.05) is 4.72 Å². The van der Waals surface area contributed by atoms with Gasteiger partial charge in [-0.2, -0.15) is 0 Å². The summed E-state index contributed by atoms with van der Waals surface area (Å²) in [4.78, 5) is 12.9. The van der Waals surface area contributed by atoms with Gasteiger partial charge in [-0.25, -0.2) is 8.42 Å². The van der Waals surface area contributed by atoms with E-state index in [0.717, 1.165) is 10.9 Å². The van der Waals surface area contributed by atoms with E-state index in [-0.39, 0.29) is 29.0 Å². The predicted molar refractivity (Wildman–Crippen MR) is 142 cm³/mol. The van der Waals surface area contributed by atoms with E-state index in [9.17, 15) is 13.2 Å². The third-order valence-corrected chi connectivity index (χ3v) is 6.87. The number of amidine groups is 1. The molecule has 0 aliphatic rings. The van der Waals surface area contributed by atoms with Crippen LogP contribution in [0.25, 0.3) is 10.8 Å². The molecule has 35 heavy (non-hydrogen) atoms. The number of nitrogen functional groups attached to an aromatic ring is 1. The molecule has 0 spiro atoms. The Morgan fingerprint density at radius 3 is 2.29 bits per heavy atom. The second-order valence-electron chi connectivity index (χ2n) is 7.59. The Balaban J connectivity index is 0.00000342. The molecular formula is C25H22Cl2N4O3S. The van der Waals surface area contributed by atoms with Crippen LogP contribution in [0.3, 0.4) is 0 Å². The summed E-state index contributed by atoms with van der Waals surface area (Å²) in [5.74, 6) is -0.267. The lowest BCUT2D eigenvalue weighted by Crippen LogP contribution is -2.23. The number of rotatable bonds is 7. The van der Waals surface area contributed by atoms with Crippen LogP contribution in [-0.4, -0.2) is 20.2 Å². The predicted octanol–water partition coefficient (Wildman–Crippen LogP) is 4.93. The molecule has 0 bridgehead atoms. The SMILES string of the molecule is Cl.N=C(N)c1ccc(CNC(=O)c2cccc3cc(NS(=O)(=O)c4ccc(Cl)cc4)ccc23)cc1. The summed E-state index contributed by atoms with van der Waals surface area (Å²) in [5, 5.41) is 12.2. The van der Waals surface area contributed by atoms with Gasteiger partial charge in [0.1, 0.15) is 5.84 Å². The first kappa shape index (κ1) is 26.0. The van der Waals surface area contributed by atoms with Crippen LogP contribution in [0, 0.1) is 5.41 Å². The van der Waals surface area contributed by atoms with Crippen LogP contribution >= 0.6 is 24.0 Å². The molecule has 0 saturated heterocycles. The average molecular weight is 529 g/mol. The topological polar surface area (TPSA) is 125 Å². The highest BCUT2D eigenvalue weighted by Gasteiger charge is 2.15. The van der Waals surface area contributed by atoms with Gasteiger partial charge in [-0.15, -0.1) is 12.4 Å². The minimum absolute atomic E-state index is 0. The Kier molecular flexibility index (Phi) is 8.01. The van der Waals surface area contributed by atoms with E-state index in [2.05, 4.69) is 10.0 Å². The Labute approximate surface area is 214 Å². The molecular weight excluding hydrogens is 507 g/mol. The number of hydrogen-bond acceptors (Lipinski definition) is 4. The summed E-state index contributed by atoms with van der Waals surface area (Å²) in [6, 6.07) is 23.2. The molecule has 0 fully saturated rings. The lowest BCUT2D eigenvalue weighted by Gasteiger charge is -2.12. The van der Waals surface area contributed by atoms with Gasteiger partial charge in [0.2, 0.25) is 0 Å². The molecule has 1 amide bonds. The third-order valence-electron chi connectivity index (χ3n) is 5.22. The van der Waals surface area contributed by atoms with E-state index < -0.39 is 10.0 Å². The lowest BCUT2D eigenvalue weighted by atomic mass is 10.0. The minimum atomic E-state index is -3.78. The van der Waals surface area contributed by atoms with Gasteiger partial charge < -0.3 is 11.1 Å². The summed E-state index contributed by atoms with van der Waals surface area (Å²) in [6.07, 6.45) is 0. The molecule has 7 nitrogen and oxygen atoms in total. The van der Waals surface area contributed by atoms with Crippen LogP contribution in [0.4, 0.5) is 5.69 Å². The van der Waals surface area contributed by atoms with Crippen LogP contribution in [0.2, 0.25) is 5.02 Å². The molecule has 0 saturated carbocycles. The van der Waals surface area contributed by atoms with Crippen molar-refractivity contribution in [1.29, 1.82) is 5.41 Å². The maximum Gasteiger partial charge on any atom is 0.261 e. The number of nitrogens with two attached hydrogens (primary N) is 1. The highest BCUT2D eigenvalue weighted by atomic mass is 35.5. The Morgan fingerprint density at radius 1 is 0.943 bits per heavy atom. The van der Waals surface area contributed by atoms with Crippen molar-refractivity contribution in [3.8, 4) is 0 Å². The van der Waals surface area contributed by atoms with Crippen molar-refractivity contribution in [1.82, 2.24) is 5.32 Å². The fraction of sp³-hybridized carbons (Fsp3) is 0.0400. The van der Waals surface area contributed by atoms with Gasteiger partial charge in [0.15, 0.2) is 0 Å². The monoisotopic (exact) mass is 528 g/mol. The highest BCUT2D eigenvalue weighted by Crippen LogP contribution is 2.25. The van der Waals surface area contributed by atoms with Crippen molar-refractivity contribution in [3.05, 3.63) is 107 Å². The normalized spacial score (nSPS) is 10.9. The van der Waals surface area contributed by atoms with Gasteiger partial charge in [-0.05, 0) is 58.8 Å². The molecule has 0 aliphatic carbocycles. The first-order valence-electron chi connectivity index (χ1n) is 10.3. The zero-order valence-corrected chi connectivity index (χ0v) is 20.7. The van der Waals surface area contributed by atoms with E-state index in [1.807, 2.05) is 6.07 Å². The summed E-state index contributed by atoms with van der Waals surface area (Å²) in [6.45, 7) is 0.312. The van der Waals surface area contributed by atoms with Gasteiger partial charge in [0.05, 0.1) is 4.90 Å². The van der Waals surface area contributed by atoms with E-state index in [0.29, 0.717) is 33.8 Å². The van der Waals surface area contributed by atoms with Gasteiger partial charge in [-0.1, -0.05) is 54.1 Å². The third kappa shape index (κ3) is 6.10. The summed E-state index contributed by atoms with van der Waals surface area (Å²) in [7, 11) is -3.78. The number of benzene rings is 4. The molecule has 4 rings (SSSR count). The number of sulfonamides is 1. The Bertz CT molecular complexity index is 1490. The number of halogens is 2. The highest BCUT2D eigenvalue weighted by molar-refractivity contribution is 7.92. The zero-order chi connectivity index (χ0) is 24.3. The molecule has 0 atom stereocenters. The minimum Gasteiger partial charge on any atom is -0.384 e. The van der Waals surface area contributed by atoms with Crippen molar-refractivity contribution in [2.45, 2.75) is 11.4 Å². The molecule has 180 valence electrons. The van der Waals surface area contributed by atoms with Crippen LogP contribution in [0.1, 0.15) is 21.5 Å². The van der Waals surface area contributed by atoms with Gasteiger partial charge in [-0.3, -0.25) is 14.9 Å². The summed E-state index contributed by atoms with van der Waals surface area (Å²) < 4.78 is 27.9. The van der Waals surface area contributed by atoms with Crippen LogP contribution < -0.4 is 15.8 Å². The lowest BCUT2D eigenvalue weighted by molar-refractivity contribution is 0.0952. The second-order valence-corrected chi connectivity index (χ2v) is 9.71. The number of carbonyl (C=O) groups is 1. The number of amides is 1. The van der Waals surface area contributed by atoms with Crippen LogP contribution in [0.15, 0.2) is 89.8 Å². The van der Waals surface area contributed by atoms with E-state index >= 15 is 0 Å². The smallest absolute Gasteiger partial charge is 0.261 e. The maximum atomic E-state index is 12.8. The van der Waals surface area contributed by atoms with Gasteiger partial charge in [0, 0.05) is 28.4 Å². The van der Waals surface area contributed by atoms with Crippen LogP contribution in [-0.2, 0) is 16.6 Å². The quantitative estimate of drug-likeness (QED) is 0.200. The molecule has 5 N–H and O–H groups in total. The van der Waals surface area contributed by atoms with E-state index in [4.69, 9.17) is 22.7 Å². The first-order chi connectivity index (χ1) is 16.2. The molecule has 4 aromatic carbocycles. The molecule has 0 heterocycles. The van der Waals surface area contributed by atoms with Crippen molar-refractivity contribution in [2.24, 2.45) is 5.73 Å². The number of nitrogens with one attached hydrogen (secondary N) is 3.